The number of rotatable bonds is 5. The van der Waals surface area contributed by atoms with Gasteiger partial charge in [-0.3, -0.25) is 4.79 Å². The van der Waals surface area contributed by atoms with Crippen LogP contribution in [0.4, 0.5) is 0 Å². The summed E-state index contributed by atoms with van der Waals surface area (Å²) >= 11 is 11.8. The van der Waals surface area contributed by atoms with Crippen molar-refractivity contribution in [2.75, 3.05) is 6.61 Å². The van der Waals surface area contributed by atoms with Gasteiger partial charge in [-0.05, 0) is 48.9 Å². The molecule has 0 spiro atoms. The molecule has 104 valence electrons. The van der Waals surface area contributed by atoms with E-state index in [0.717, 1.165) is 11.3 Å². The smallest absolute Gasteiger partial charge is 0.167 e. The molecule has 4 heteroatoms. The number of Topliss-reactive ketones (excluding diaryl/α,β-unsaturated/α-hetero) is 1. The summed E-state index contributed by atoms with van der Waals surface area (Å²) in [5, 5.41) is 0.951. The highest BCUT2D eigenvalue weighted by Gasteiger charge is 2.08. The average Bonchev–Trinajstić information content (AvgIpc) is 2.44. The van der Waals surface area contributed by atoms with Crippen LogP contribution in [0.5, 0.6) is 5.75 Å². The van der Waals surface area contributed by atoms with E-state index in [1.165, 1.54) is 0 Å². The Morgan fingerprint density at radius 1 is 1.05 bits per heavy atom. The lowest BCUT2D eigenvalue weighted by molar-refractivity contribution is 0.0993. The lowest BCUT2D eigenvalue weighted by Crippen LogP contribution is -2.03. The van der Waals surface area contributed by atoms with Crippen LogP contribution >= 0.6 is 23.2 Å². The van der Waals surface area contributed by atoms with Crippen molar-refractivity contribution in [2.45, 2.75) is 13.3 Å². The van der Waals surface area contributed by atoms with Crippen molar-refractivity contribution >= 4 is 29.0 Å². The van der Waals surface area contributed by atoms with Gasteiger partial charge < -0.3 is 4.74 Å². The normalized spacial score (nSPS) is 10.3. The molecule has 2 nitrogen and oxygen atoms in total. The molecule has 20 heavy (non-hydrogen) atoms. The van der Waals surface area contributed by atoms with Gasteiger partial charge in [-0.2, -0.15) is 0 Å². The van der Waals surface area contributed by atoms with E-state index >= 15 is 0 Å². The van der Waals surface area contributed by atoms with E-state index in [0.29, 0.717) is 28.6 Å². The number of benzene rings is 2. The first-order valence-corrected chi connectivity index (χ1v) is 7.05. The minimum Gasteiger partial charge on any atom is -0.494 e. The number of carbonyl (C=O) groups excluding carboxylic acids is 1. The third-order valence-corrected chi connectivity index (χ3v) is 3.58. The van der Waals surface area contributed by atoms with Crippen LogP contribution in [0.1, 0.15) is 22.8 Å². The van der Waals surface area contributed by atoms with Gasteiger partial charge >= 0.3 is 0 Å². The lowest BCUT2D eigenvalue weighted by atomic mass is 10.0. The van der Waals surface area contributed by atoms with E-state index in [9.17, 15) is 4.79 Å². The molecule has 0 saturated heterocycles. The molecule has 0 aliphatic heterocycles. The van der Waals surface area contributed by atoms with E-state index < -0.39 is 0 Å². The number of halogens is 2. The first kappa shape index (κ1) is 14.9. The molecular weight excluding hydrogens is 295 g/mol. The molecule has 0 N–H and O–H groups in total. The van der Waals surface area contributed by atoms with Gasteiger partial charge in [-0.15, -0.1) is 0 Å². The van der Waals surface area contributed by atoms with Crippen molar-refractivity contribution in [2.24, 2.45) is 0 Å². The molecule has 0 bridgehead atoms. The molecule has 0 heterocycles. The molecule has 0 aromatic heterocycles. The van der Waals surface area contributed by atoms with E-state index in [2.05, 4.69) is 0 Å². The maximum atomic E-state index is 12.2. The van der Waals surface area contributed by atoms with Gasteiger partial charge in [0.25, 0.3) is 0 Å². The zero-order valence-electron chi connectivity index (χ0n) is 11.0. The zero-order valence-corrected chi connectivity index (χ0v) is 12.5. The van der Waals surface area contributed by atoms with E-state index in [4.69, 9.17) is 27.9 Å². The molecule has 2 aromatic carbocycles. The maximum Gasteiger partial charge on any atom is 0.167 e. The third-order valence-electron chi connectivity index (χ3n) is 2.84. The van der Waals surface area contributed by atoms with Gasteiger partial charge in [-0.1, -0.05) is 29.3 Å². The highest BCUT2D eigenvalue weighted by atomic mass is 35.5. The van der Waals surface area contributed by atoms with Crippen LogP contribution in [0.3, 0.4) is 0 Å². The molecule has 0 radical (unpaired) electrons. The number of ketones is 1. The molecule has 0 aliphatic carbocycles. The highest BCUT2D eigenvalue weighted by molar-refractivity contribution is 6.42. The van der Waals surface area contributed by atoms with Crippen LogP contribution in [-0.4, -0.2) is 12.4 Å². The molecule has 0 fully saturated rings. The van der Waals surface area contributed by atoms with E-state index in [-0.39, 0.29) is 5.78 Å². The van der Waals surface area contributed by atoms with Crippen LogP contribution in [0, 0.1) is 0 Å². The van der Waals surface area contributed by atoms with Crippen molar-refractivity contribution in [1.29, 1.82) is 0 Å². The summed E-state index contributed by atoms with van der Waals surface area (Å²) < 4.78 is 5.34. The average molecular weight is 309 g/mol. The summed E-state index contributed by atoms with van der Waals surface area (Å²) in [5.41, 5.74) is 1.50. The molecule has 0 amide bonds. The summed E-state index contributed by atoms with van der Waals surface area (Å²) in [5.74, 6) is 0.796. The number of hydrogen-bond donors (Lipinski definition) is 0. The van der Waals surface area contributed by atoms with Crippen molar-refractivity contribution < 1.29 is 9.53 Å². The van der Waals surface area contributed by atoms with E-state index in [1.54, 1.807) is 42.5 Å². The molecule has 2 aromatic rings. The first-order valence-electron chi connectivity index (χ1n) is 6.30. The van der Waals surface area contributed by atoms with Gasteiger partial charge in [0.2, 0.25) is 0 Å². The Kier molecular flexibility index (Phi) is 5.05. The van der Waals surface area contributed by atoms with Crippen LogP contribution in [0.25, 0.3) is 0 Å². The molecule has 0 atom stereocenters. The van der Waals surface area contributed by atoms with Gasteiger partial charge in [0, 0.05) is 12.0 Å². The Hall–Kier alpha value is -1.51. The van der Waals surface area contributed by atoms with Gasteiger partial charge in [0.05, 0.1) is 16.7 Å². The Morgan fingerprint density at radius 3 is 2.35 bits per heavy atom. The fraction of sp³-hybridized carbons (Fsp3) is 0.188. The second-order valence-electron chi connectivity index (χ2n) is 4.31. The van der Waals surface area contributed by atoms with Crippen molar-refractivity contribution in [3.05, 3.63) is 63.6 Å². The maximum absolute atomic E-state index is 12.2. The van der Waals surface area contributed by atoms with Crippen molar-refractivity contribution in [1.82, 2.24) is 0 Å². The van der Waals surface area contributed by atoms with Crippen molar-refractivity contribution in [3.8, 4) is 5.75 Å². The summed E-state index contributed by atoms with van der Waals surface area (Å²) in [4.78, 5) is 12.2. The summed E-state index contributed by atoms with van der Waals surface area (Å²) in [6, 6.07) is 12.4. The summed E-state index contributed by atoms with van der Waals surface area (Å²) in [6.45, 7) is 2.53. The number of hydrogen-bond acceptors (Lipinski definition) is 2. The van der Waals surface area contributed by atoms with Crippen LogP contribution in [0.15, 0.2) is 42.5 Å². The SMILES string of the molecule is CCOc1ccc(C(=O)Cc2ccc(Cl)c(Cl)c2)cc1. The van der Waals surface area contributed by atoms with Gasteiger partial charge in [-0.25, -0.2) is 0 Å². The summed E-state index contributed by atoms with van der Waals surface area (Å²) in [7, 11) is 0. The standard InChI is InChI=1S/C16H14Cl2O2/c1-2-20-13-6-4-12(5-7-13)16(19)10-11-3-8-14(17)15(18)9-11/h3-9H,2,10H2,1H3. The molecule has 0 aliphatic rings. The predicted octanol–water partition coefficient (Wildman–Crippen LogP) is 4.82. The third kappa shape index (κ3) is 3.75. The molecular formula is C16H14Cl2O2. The lowest BCUT2D eigenvalue weighted by Gasteiger charge is -2.05. The van der Waals surface area contributed by atoms with Crippen molar-refractivity contribution in [3.63, 3.8) is 0 Å². The Labute approximate surface area is 128 Å². The van der Waals surface area contributed by atoms with Crippen LogP contribution < -0.4 is 4.74 Å². The largest absolute Gasteiger partial charge is 0.494 e. The highest BCUT2D eigenvalue weighted by Crippen LogP contribution is 2.23. The van der Waals surface area contributed by atoms with Gasteiger partial charge in [0.1, 0.15) is 5.75 Å². The molecule has 0 saturated carbocycles. The Bertz CT molecular complexity index is 606. The molecule has 2 rings (SSSR count). The Morgan fingerprint density at radius 2 is 1.75 bits per heavy atom. The first-order chi connectivity index (χ1) is 9.60. The molecule has 0 unspecified atom stereocenters. The number of ether oxygens (including phenoxy) is 1. The van der Waals surface area contributed by atoms with E-state index in [1.807, 2.05) is 6.92 Å². The quantitative estimate of drug-likeness (QED) is 0.740. The fourth-order valence-corrected chi connectivity index (χ4v) is 2.16. The minimum absolute atomic E-state index is 0.0337. The minimum atomic E-state index is 0.0337. The summed E-state index contributed by atoms with van der Waals surface area (Å²) in [6.07, 6.45) is 0.296. The topological polar surface area (TPSA) is 26.3 Å². The monoisotopic (exact) mass is 308 g/mol. The predicted molar refractivity (Wildman–Crippen MR) is 82.1 cm³/mol. The Balaban J connectivity index is 2.09. The van der Waals surface area contributed by atoms with Gasteiger partial charge in [0.15, 0.2) is 5.78 Å². The number of carbonyl (C=O) groups is 1. The zero-order chi connectivity index (χ0) is 14.5. The fourth-order valence-electron chi connectivity index (χ4n) is 1.84. The van der Waals surface area contributed by atoms with Crippen LogP contribution in [-0.2, 0) is 6.42 Å². The second-order valence-corrected chi connectivity index (χ2v) is 5.12. The second kappa shape index (κ2) is 6.78. The van der Waals surface area contributed by atoms with Crippen LogP contribution in [0.2, 0.25) is 10.0 Å².